The van der Waals surface area contributed by atoms with Crippen molar-refractivity contribution in [3.63, 3.8) is 0 Å². The van der Waals surface area contributed by atoms with Gasteiger partial charge in [-0.15, -0.1) is 0 Å². The fourth-order valence-electron chi connectivity index (χ4n) is 3.15. The van der Waals surface area contributed by atoms with E-state index in [4.69, 9.17) is 4.74 Å². The third kappa shape index (κ3) is 4.63. The molecular weight excluding hydrogens is 345 g/mol. The van der Waals surface area contributed by atoms with E-state index in [-0.39, 0.29) is 18.3 Å². The van der Waals surface area contributed by atoms with Crippen LogP contribution in [0.1, 0.15) is 17.2 Å². The summed E-state index contributed by atoms with van der Waals surface area (Å²) in [6.45, 7) is 3.99. The molecule has 2 aromatic rings. The van der Waals surface area contributed by atoms with Crippen molar-refractivity contribution in [1.29, 1.82) is 5.26 Å². The molecule has 0 N–H and O–H groups in total. The Balaban J connectivity index is 1.53. The van der Waals surface area contributed by atoms with Crippen LogP contribution in [0.2, 0.25) is 0 Å². The van der Waals surface area contributed by atoms with Crippen LogP contribution >= 0.6 is 0 Å². The van der Waals surface area contributed by atoms with Gasteiger partial charge < -0.3 is 9.64 Å². The Kier molecular flexibility index (Phi) is 6.05. The molecule has 140 valence electrons. The average Bonchev–Trinajstić information content (AvgIpc) is 2.70. The number of halogens is 1. The van der Waals surface area contributed by atoms with Crippen LogP contribution in [0.3, 0.4) is 0 Å². The van der Waals surface area contributed by atoms with Crippen LogP contribution in [-0.2, 0) is 4.79 Å². The SMILES string of the molecule is Cc1ccc(OCC(=O)N2CCN(C(C#N)c3ccccc3F)CC2)cc1. The highest BCUT2D eigenvalue weighted by Gasteiger charge is 2.28. The van der Waals surface area contributed by atoms with Crippen LogP contribution in [0.15, 0.2) is 48.5 Å². The minimum absolute atomic E-state index is 0.0158. The number of amides is 1. The molecule has 0 saturated carbocycles. The Hall–Kier alpha value is -2.91. The van der Waals surface area contributed by atoms with Gasteiger partial charge in [0.25, 0.3) is 5.91 Å². The summed E-state index contributed by atoms with van der Waals surface area (Å²) in [5.74, 6) is 0.195. The van der Waals surface area contributed by atoms with E-state index in [9.17, 15) is 14.4 Å². The third-order valence-corrected chi connectivity index (χ3v) is 4.74. The van der Waals surface area contributed by atoms with E-state index in [2.05, 4.69) is 6.07 Å². The third-order valence-electron chi connectivity index (χ3n) is 4.74. The number of carbonyl (C=O) groups excluding carboxylic acids is 1. The molecule has 1 fully saturated rings. The van der Waals surface area contributed by atoms with E-state index in [0.29, 0.717) is 37.5 Å². The van der Waals surface area contributed by atoms with E-state index in [0.717, 1.165) is 5.56 Å². The molecule has 1 heterocycles. The lowest BCUT2D eigenvalue weighted by Gasteiger charge is -2.37. The second-order valence-corrected chi connectivity index (χ2v) is 6.57. The lowest BCUT2D eigenvalue weighted by molar-refractivity contribution is -0.135. The molecule has 0 aromatic heterocycles. The minimum atomic E-state index is -0.646. The van der Waals surface area contributed by atoms with Gasteiger partial charge in [0.15, 0.2) is 6.61 Å². The molecule has 6 heteroatoms. The first-order valence-corrected chi connectivity index (χ1v) is 8.94. The van der Waals surface area contributed by atoms with Gasteiger partial charge >= 0.3 is 0 Å². The maximum Gasteiger partial charge on any atom is 0.260 e. The van der Waals surface area contributed by atoms with Crippen molar-refractivity contribution >= 4 is 5.91 Å². The van der Waals surface area contributed by atoms with Crippen molar-refractivity contribution < 1.29 is 13.9 Å². The van der Waals surface area contributed by atoms with Crippen molar-refractivity contribution in [2.24, 2.45) is 0 Å². The first-order valence-electron chi connectivity index (χ1n) is 8.94. The zero-order chi connectivity index (χ0) is 19.2. The van der Waals surface area contributed by atoms with Crippen molar-refractivity contribution in [1.82, 2.24) is 9.80 Å². The van der Waals surface area contributed by atoms with Crippen molar-refractivity contribution in [2.75, 3.05) is 32.8 Å². The average molecular weight is 367 g/mol. The zero-order valence-corrected chi connectivity index (χ0v) is 15.3. The van der Waals surface area contributed by atoms with Gasteiger partial charge in [-0.3, -0.25) is 9.69 Å². The standard InChI is InChI=1S/C21H22FN3O2/c1-16-6-8-17(9-7-16)27-15-21(26)25-12-10-24(11-13-25)20(14-23)18-4-2-3-5-19(18)22/h2-9,20H,10-13,15H2,1H3. The van der Waals surface area contributed by atoms with Gasteiger partial charge in [-0.1, -0.05) is 35.9 Å². The summed E-state index contributed by atoms with van der Waals surface area (Å²) in [6.07, 6.45) is 0. The Morgan fingerprint density at radius 3 is 2.44 bits per heavy atom. The molecule has 0 spiro atoms. The number of carbonyl (C=O) groups is 1. The molecule has 0 aliphatic carbocycles. The van der Waals surface area contributed by atoms with E-state index in [1.165, 1.54) is 6.07 Å². The molecule has 0 bridgehead atoms. The van der Waals surface area contributed by atoms with Gasteiger partial charge in [0, 0.05) is 31.7 Å². The molecule has 5 nitrogen and oxygen atoms in total. The van der Waals surface area contributed by atoms with E-state index in [1.807, 2.05) is 36.1 Å². The van der Waals surface area contributed by atoms with Crippen LogP contribution < -0.4 is 4.74 Å². The number of piperazine rings is 1. The molecule has 1 aliphatic heterocycles. The molecule has 1 saturated heterocycles. The quantitative estimate of drug-likeness (QED) is 0.815. The Morgan fingerprint density at radius 2 is 1.81 bits per heavy atom. The maximum atomic E-state index is 14.0. The molecule has 1 amide bonds. The van der Waals surface area contributed by atoms with Crippen LogP contribution in [0.5, 0.6) is 5.75 Å². The molecule has 0 radical (unpaired) electrons. The summed E-state index contributed by atoms with van der Waals surface area (Å²) in [5.41, 5.74) is 1.51. The van der Waals surface area contributed by atoms with E-state index >= 15 is 0 Å². The van der Waals surface area contributed by atoms with Gasteiger partial charge in [-0.05, 0) is 25.1 Å². The lowest BCUT2D eigenvalue weighted by Crippen LogP contribution is -2.50. The van der Waals surface area contributed by atoms with E-state index < -0.39 is 6.04 Å². The summed E-state index contributed by atoms with van der Waals surface area (Å²) >= 11 is 0. The molecular formula is C21H22FN3O2. The van der Waals surface area contributed by atoms with Gasteiger partial charge in [0.2, 0.25) is 0 Å². The van der Waals surface area contributed by atoms with Crippen molar-refractivity contribution in [2.45, 2.75) is 13.0 Å². The number of rotatable bonds is 5. The number of nitriles is 1. The number of aryl methyl sites for hydroxylation is 1. The summed E-state index contributed by atoms with van der Waals surface area (Å²) in [4.78, 5) is 16.0. The maximum absolute atomic E-state index is 14.0. The largest absolute Gasteiger partial charge is 0.484 e. The number of ether oxygens (including phenoxy) is 1. The molecule has 1 unspecified atom stereocenters. The number of nitrogens with zero attached hydrogens (tertiary/aromatic N) is 3. The predicted molar refractivity (Wildman–Crippen MR) is 99.6 cm³/mol. The second-order valence-electron chi connectivity index (χ2n) is 6.57. The lowest BCUT2D eigenvalue weighted by atomic mass is 10.0. The fourth-order valence-corrected chi connectivity index (χ4v) is 3.15. The molecule has 27 heavy (non-hydrogen) atoms. The fraction of sp³-hybridized carbons (Fsp3) is 0.333. The molecule has 3 rings (SSSR count). The number of benzene rings is 2. The van der Waals surface area contributed by atoms with Gasteiger partial charge in [-0.2, -0.15) is 5.26 Å². The summed E-state index contributed by atoms with van der Waals surface area (Å²) in [7, 11) is 0. The first kappa shape index (κ1) is 18.9. The van der Waals surface area contributed by atoms with Crippen LogP contribution in [-0.4, -0.2) is 48.5 Å². The van der Waals surface area contributed by atoms with Gasteiger partial charge in [0.05, 0.1) is 6.07 Å². The van der Waals surface area contributed by atoms with Crippen molar-refractivity contribution in [3.05, 3.63) is 65.5 Å². The van der Waals surface area contributed by atoms with Crippen LogP contribution in [0.4, 0.5) is 4.39 Å². The highest BCUT2D eigenvalue weighted by molar-refractivity contribution is 5.77. The summed E-state index contributed by atoms with van der Waals surface area (Å²) < 4.78 is 19.6. The summed E-state index contributed by atoms with van der Waals surface area (Å²) in [6, 6.07) is 15.4. The van der Waals surface area contributed by atoms with Gasteiger partial charge in [0.1, 0.15) is 17.6 Å². The molecule has 1 atom stereocenters. The highest BCUT2D eigenvalue weighted by Crippen LogP contribution is 2.24. The summed E-state index contributed by atoms with van der Waals surface area (Å²) in [5, 5.41) is 9.50. The zero-order valence-electron chi connectivity index (χ0n) is 15.3. The smallest absolute Gasteiger partial charge is 0.260 e. The Labute approximate surface area is 158 Å². The van der Waals surface area contributed by atoms with Gasteiger partial charge in [-0.25, -0.2) is 4.39 Å². The monoisotopic (exact) mass is 367 g/mol. The highest BCUT2D eigenvalue weighted by atomic mass is 19.1. The second kappa shape index (κ2) is 8.65. The van der Waals surface area contributed by atoms with Crippen LogP contribution in [0, 0.1) is 24.1 Å². The minimum Gasteiger partial charge on any atom is -0.484 e. The predicted octanol–water partition coefficient (Wildman–Crippen LogP) is 2.92. The number of hydrogen-bond donors (Lipinski definition) is 0. The first-order chi connectivity index (χ1) is 13.1. The molecule has 2 aromatic carbocycles. The van der Waals surface area contributed by atoms with E-state index in [1.54, 1.807) is 23.1 Å². The Morgan fingerprint density at radius 1 is 1.15 bits per heavy atom. The van der Waals surface area contributed by atoms with Crippen molar-refractivity contribution in [3.8, 4) is 11.8 Å². The Bertz CT molecular complexity index is 824. The number of hydrogen-bond acceptors (Lipinski definition) is 4. The topological polar surface area (TPSA) is 56.6 Å². The molecule has 1 aliphatic rings. The normalized spacial score (nSPS) is 15.8. The van der Waals surface area contributed by atoms with Crippen LogP contribution in [0.25, 0.3) is 0 Å².